The number of nitrogens with one attached hydrogen (secondary N) is 1. The van der Waals surface area contributed by atoms with Gasteiger partial charge in [-0.3, -0.25) is 14.2 Å². The van der Waals surface area contributed by atoms with E-state index in [0.29, 0.717) is 28.5 Å². The maximum Gasteiger partial charge on any atom is 0.266 e. The van der Waals surface area contributed by atoms with E-state index < -0.39 is 0 Å². The van der Waals surface area contributed by atoms with Crippen molar-refractivity contribution in [2.45, 2.75) is 39.3 Å². The molecule has 0 aliphatic rings. The number of hydrogen-bond donors (Lipinski definition) is 1. The summed E-state index contributed by atoms with van der Waals surface area (Å²) in [4.78, 5) is 30.3. The lowest BCUT2D eigenvalue weighted by Gasteiger charge is -2.16. The third-order valence-electron chi connectivity index (χ3n) is 4.94. The maximum atomic E-state index is 13.3. The summed E-state index contributed by atoms with van der Waals surface area (Å²) in [6.45, 7) is 8.93. The van der Waals surface area contributed by atoms with Crippen LogP contribution in [0.2, 0.25) is 0 Å². The number of aryl methyl sites for hydroxylation is 1. The van der Waals surface area contributed by atoms with Crippen molar-refractivity contribution in [3.05, 3.63) is 63.9 Å². The van der Waals surface area contributed by atoms with Crippen molar-refractivity contribution >= 4 is 28.6 Å². The highest BCUT2D eigenvalue weighted by Gasteiger charge is 2.16. The van der Waals surface area contributed by atoms with Crippen LogP contribution in [0.4, 0.5) is 0 Å². The molecule has 152 valence electrons. The number of fused-ring (bicyclic) bond motifs is 1. The second-order valence-corrected chi connectivity index (χ2v) is 8.53. The van der Waals surface area contributed by atoms with E-state index in [1.807, 2.05) is 50.2 Å². The van der Waals surface area contributed by atoms with E-state index in [9.17, 15) is 9.59 Å². The maximum absolute atomic E-state index is 13.3. The predicted octanol–water partition coefficient (Wildman–Crippen LogP) is 4.26. The van der Waals surface area contributed by atoms with Crippen molar-refractivity contribution in [1.29, 1.82) is 0 Å². The summed E-state index contributed by atoms with van der Waals surface area (Å²) in [6, 6.07) is 13.2. The van der Waals surface area contributed by atoms with Crippen LogP contribution in [0, 0.1) is 19.8 Å². The smallest absolute Gasteiger partial charge is 0.266 e. The third kappa shape index (κ3) is 4.88. The van der Waals surface area contributed by atoms with Crippen LogP contribution in [0.5, 0.6) is 0 Å². The summed E-state index contributed by atoms with van der Waals surface area (Å²) in [5, 5.41) is 4.04. The van der Waals surface area contributed by atoms with Crippen molar-refractivity contribution in [1.82, 2.24) is 14.9 Å². The first kappa shape index (κ1) is 21.1. The molecule has 0 radical (unpaired) electrons. The van der Waals surface area contributed by atoms with E-state index in [1.165, 1.54) is 11.8 Å². The first-order chi connectivity index (χ1) is 13.9. The Morgan fingerprint density at radius 2 is 1.90 bits per heavy atom. The summed E-state index contributed by atoms with van der Waals surface area (Å²) in [7, 11) is 0. The van der Waals surface area contributed by atoms with Crippen LogP contribution in [0.15, 0.2) is 52.4 Å². The average molecular weight is 410 g/mol. The zero-order valence-corrected chi connectivity index (χ0v) is 18.2. The van der Waals surface area contributed by atoms with Gasteiger partial charge in [-0.05, 0) is 55.5 Å². The third-order valence-corrected chi connectivity index (χ3v) is 5.88. The molecule has 3 aromatic rings. The van der Waals surface area contributed by atoms with Crippen molar-refractivity contribution in [3.63, 3.8) is 0 Å². The summed E-state index contributed by atoms with van der Waals surface area (Å²) in [5.74, 6) is 0.707. The highest BCUT2D eigenvalue weighted by molar-refractivity contribution is 7.99. The second-order valence-electron chi connectivity index (χ2n) is 7.59. The first-order valence-corrected chi connectivity index (χ1v) is 10.8. The zero-order chi connectivity index (χ0) is 21.0. The summed E-state index contributed by atoms with van der Waals surface area (Å²) in [6.07, 6.45) is 0.942. The minimum atomic E-state index is -0.119. The van der Waals surface area contributed by atoms with Gasteiger partial charge in [-0.15, -0.1) is 0 Å². The molecule has 5 nitrogen and oxygen atoms in total. The number of amides is 1. The van der Waals surface area contributed by atoms with Gasteiger partial charge in [0.25, 0.3) is 5.56 Å². The molecule has 0 bridgehead atoms. The Kier molecular flexibility index (Phi) is 6.75. The molecule has 0 aliphatic carbocycles. The van der Waals surface area contributed by atoms with E-state index in [4.69, 9.17) is 4.98 Å². The number of benzene rings is 2. The van der Waals surface area contributed by atoms with Crippen LogP contribution in [-0.2, 0) is 4.79 Å². The van der Waals surface area contributed by atoms with E-state index in [2.05, 4.69) is 19.2 Å². The Morgan fingerprint density at radius 3 is 2.66 bits per heavy atom. The lowest BCUT2D eigenvalue weighted by molar-refractivity contribution is -0.118. The van der Waals surface area contributed by atoms with Gasteiger partial charge in [-0.2, -0.15) is 0 Å². The molecule has 0 saturated carbocycles. The number of thioether (sulfide) groups is 1. The topological polar surface area (TPSA) is 64.0 Å². The van der Waals surface area contributed by atoms with Crippen molar-refractivity contribution in [3.8, 4) is 5.69 Å². The Balaban J connectivity index is 1.98. The number of carbonyl (C=O) groups is 1. The monoisotopic (exact) mass is 409 g/mol. The van der Waals surface area contributed by atoms with Gasteiger partial charge in [-0.25, -0.2) is 4.98 Å². The van der Waals surface area contributed by atoms with Crippen molar-refractivity contribution in [2.75, 3.05) is 12.3 Å². The summed E-state index contributed by atoms with van der Waals surface area (Å²) >= 11 is 1.29. The number of rotatable bonds is 7. The Labute approximate surface area is 175 Å². The fourth-order valence-electron chi connectivity index (χ4n) is 3.08. The zero-order valence-electron chi connectivity index (χ0n) is 17.4. The van der Waals surface area contributed by atoms with Crippen LogP contribution in [0.3, 0.4) is 0 Å². The molecule has 0 atom stereocenters. The molecule has 0 fully saturated rings. The molecular weight excluding hydrogens is 382 g/mol. The molecular formula is C23H27N3O2S. The second kappa shape index (κ2) is 9.27. The molecule has 3 rings (SSSR count). The van der Waals surface area contributed by atoms with Gasteiger partial charge in [0.05, 0.1) is 22.3 Å². The van der Waals surface area contributed by atoms with E-state index >= 15 is 0 Å². The summed E-state index contributed by atoms with van der Waals surface area (Å²) < 4.78 is 1.64. The van der Waals surface area contributed by atoms with Gasteiger partial charge in [-0.1, -0.05) is 49.9 Å². The minimum absolute atomic E-state index is 0.0504. The number of nitrogens with zero attached hydrogens (tertiary/aromatic N) is 2. The molecule has 0 saturated heterocycles. The molecule has 29 heavy (non-hydrogen) atoms. The molecule has 0 aliphatic heterocycles. The Bertz CT molecular complexity index is 1090. The average Bonchev–Trinajstić information content (AvgIpc) is 2.69. The molecule has 2 aromatic carbocycles. The van der Waals surface area contributed by atoms with Crippen molar-refractivity contribution in [2.24, 2.45) is 5.92 Å². The lowest BCUT2D eigenvalue weighted by atomic mass is 10.1. The lowest BCUT2D eigenvalue weighted by Crippen LogP contribution is -2.28. The van der Waals surface area contributed by atoms with E-state index in [0.717, 1.165) is 23.2 Å². The molecule has 1 heterocycles. The van der Waals surface area contributed by atoms with Crippen LogP contribution in [0.1, 0.15) is 31.4 Å². The quantitative estimate of drug-likeness (QED) is 0.468. The standard InChI is InChI=1S/C23H27N3O2S/c1-15(2)12-13-24-21(27)14-29-23-25-19-10-6-5-9-18(19)22(28)26(23)20-11-7-8-16(3)17(20)4/h5-11,15H,12-14H2,1-4H3,(H,24,27). The molecule has 0 unspecified atom stereocenters. The van der Waals surface area contributed by atoms with Gasteiger partial charge in [0.15, 0.2) is 5.16 Å². The number of hydrogen-bond acceptors (Lipinski definition) is 4. The van der Waals surface area contributed by atoms with Crippen LogP contribution in [-0.4, -0.2) is 27.8 Å². The fourth-order valence-corrected chi connectivity index (χ4v) is 3.92. The highest BCUT2D eigenvalue weighted by atomic mass is 32.2. The van der Waals surface area contributed by atoms with Gasteiger partial charge < -0.3 is 5.32 Å². The molecule has 1 aromatic heterocycles. The van der Waals surface area contributed by atoms with Crippen LogP contribution in [0.25, 0.3) is 16.6 Å². The van der Waals surface area contributed by atoms with Crippen LogP contribution >= 0.6 is 11.8 Å². The normalized spacial score (nSPS) is 11.2. The predicted molar refractivity (Wildman–Crippen MR) is 120 cm³/mol. The Hall–Kier alpha value is -2.60. The Morgan fingerprint density at radius 1 is 1.14 bits per heavy atom. The molecule has 1 amide bonds. The molecule has 6 heteroatoms. The van der Waals surface area contributed by atoms with Gasteiger partial charge in [0.1, 0.15) is 0 Å². The number of carbonyl (C=O) groups excluding carboxylic acids is 1. The summed E-state index contributed by atoms with van der Waals surface area (Å²) in [5.41, 5.74) is 3.45. The van der Waals surface area contributed by atoms with Gasteiger partial charge in [0, 0.05) is 6.54 Å². The van der Waals surface area contributed by atoms with Gasteiger partial charge >= 0.3 is 0 Å². The SMILES string of the molecule is Cc1cccc(-n2c(SCC(=O)NCCC(C)C)nc3ccccc3c2=O)c1C. The first-order valence-electron chi connectivity index (χ1n) is 9.86. The molecule has 1 N–H and O–H groups in total. The van der Waals surface area contributed by atoms with Crippen molar-refractivity contribution < 1.29 is 4.79 Å². The van der Waals surface area contributed by atoms with Crippen LogP contribution < -0.4 is 10.9 Å². The molecule has 0 spiro atoms. The van der Waals surface area contributed by atoms with E-state index in [-0.39, 0.29) is 17.2 Å². The fraction of sp³-hybridized carbons (Fsp3) is 0.348. The highest BCUT2D eigenvalue weighted by Crippen LogP contribution is 2.24. The number of para-hydroxylation sites is 1. The minimum Gasteiger partial charge on any atom is -0.355 e. The largest absolute Gasteiger partial charge is 0.355 e. The van der Waals surface area contributed by atoms with Gasteiger partial charge in [0.2, 0.25) is 5.91 Å². The van der Waals surface area contributed by atoms with E-state index in [1.54, 1.807) is 10.6 Å². The number of aromatic nitrogens is 2.